The first-order chi connectivity index (χ1) is 9.94. The third kappa shape index (κ3) is 2.66. The Morgan fingerprint density at radius 2 is 2.05 bits per heavy atom. The second kappa shape index (κ2) is 5.16. The van der Waals surface area contributed by atoms with Gasteiger partial charge in [-0.1, -0.05) is 17.7 Å². The summed E-state index contributed by atoms with van der Waals surface area (Å²) in [5.41, 5.74) is 3.02. The number of fused-ring (bicyclic) bond motifs is 1. The molecule has 0 spiro atoms. The Hall–Kier alpha value is -1.85. The zero-order valence-corrected chi connectivity index (χ0v) is 13.5. The van der Waals surface area contributed by atoms with Crippen LogP contribution in [0.5, 0.6) is 0 Å². The average Bonchev–Trinajstić information content (AvgIpc) is 2.90. The van der Waals surface area contributed by atoms with Crippen molar-refractivity contribution < 1.29 is 4.79 Å². The van der Waals surface area contributed by atoms with Crippen molar-refractivity contribution in [2.75, 3.05) is 5.32 Å². The fourth-order valence-electron chi connectivity index (χ4n) is 2.27. The minimum absolute atomic E-state index is 0.252. The molecule has 108 valence electrons. The molecule has 0 bridgehead atoms. The second-order valence-electron chi connectivity index (χ2n) is 5.05. The summed E-state index contributed by atoms with van der Waals surface area (Å²) in [6, 6.07) is 3.82. The highest BCUT2D eigenvalue weighted by atomic mass is 35.5. The minimum atomic E-state index is -0.252. The molecule has 0 aliphatic heterocycles. The van der Waals surface area contributed by atoms with Gasteiger partial charge in [0.2, 0.25) is 0 Å². The lowest BCUT2D eigenvalue weighted by Gasteiger charge is -2.10. The average molecular weight is 320 g/mol. The number of anilines is 1. The van der Waals surface area contributed by atoms with Gasteiger partial charge in [0, 0.05) is 17.3 Å². The summed E-state index contributed by atoms with van der Waals surface area (Å²) >= 11 is 7.76. The summed E-state index contributed by atoms with van der Waals surface area (Å²) in [6.07, 6.45) is 3.68. The Labute approximate surface area is 131 Å². The van der Waals surface area contributed by atoms with Crippen molar-refractivity contribution in [1.29, 1.82) is 0 Å². The van der Waals surface area contributed by atoms with Crippen LogP contribution in [0.25, 0.3) is 4.96 Å². The predicted molar refractivity (Wildman–Crippen MR) is 86.7 cm³/mol. The maximum absolute atomic E-state index is 12.3. The lowest BCUT2D eigenvalue weighted by atomic mass is 10.1. The zero-order chi connectivity index (χ0) is 15.1. The quantitative estimate of drug-likeness (QED) is 0.768. The lowest BCUT2D eigenvalue weighted by Crippen LogP contribution is -2.13. The molecular weight excluding hydrogens is 306 g/mol. The van der Waals surface area contributed by atoms with Gasteiger partial charge >= 0.3 is 0 Å². The van der Waals surface area contributed by atoms with E-state index in [1.54, 1.807) is 17.5 Å². The van der Waals surface area contributed by atoms with Crippen LogP contribution < -0.4 is 5.32 Å². The van der Waals surface area contributed by atoms with E-state index < -0.39 is 0 Å². The number of carbonyl (C=O) groups is 1. The van der Waals surface area contributed by atoms with Crippen LogP contribution in [0.1, 0.15) is 26.5 Å². The summed E-state index contributed by atoms with van der Waals surface area (Å²) < 4.78 is 1.86. The number of hydrogen-bond donors (Lipinski definition) is 1. The van der Waals surface area contributed by atoms with Gasteiger partial charge in [-0.25, -0.2) is 4.98 Å². The Kier molecular flexibility index (Phi) is 3.47. The molecule has 4 nitrogen and oxygen atoms in total. The van der Waals surface area contributed by atoms with Gasteiger partial charge in [-0.15, -0.1) is 11.3 Å². The summed E-state index contributed by atoms with van der Waals surface area (Å²) in [7, 11) is 0. The fourth-order valence-corrected chi connectivity index (χ4v) is 3.45. The molecule has 6 heteroatoms. The van der Waals surface area contributed by atoms with Gasteiger partial charge in [-0.2, -0.15) is 0 Å². The fraction of sp³-hybridized carbons (Fsp3) is 0.200. The molecule has 0 atom stereocenters. The number of rotatable bonds is 2. The van der Waals surface area contributed by atoms with Crippen LogP contribution in [0, 0.1) is 20.8 Å². The Morgan fingerprint density at radius 1 is 1.29 bits per heavy atom. The maximum Gasteiger partial charge on any atom is 0.275 e. The first-order valence-corrected chi connectivity index (χ1v) is 7.67. The summed E-state index contributed by atoms with van der Waals surface area (Å²) in [4.78, 5) is 18.6. The van der Waals surface area contributed by atoms with E-state index in [2.05, 4.69) is 10.3 Å². The van der Waals surface area contributed by atoms with E-state index in [4.69, 9.17) is 11.6 Å². The molecule has 2 heterocycles. The van der Waals surface area contributed by atoms with Crippen molar-refractivity contribution in [1.82, 2.24) is 9.38 Å². The molecule has 3 rings (SSSR count). The van der Waals surface area contributed by atoms with Crippen LogP contribution in [-0.2, 0) is 0 Å². The third-order valence-electron chi connectivity index (χ3n) is 3.17. The topological polar surface area (TPSA) is 46.4 Å². The molecule has 0 radical (unpaired) electrons. The molecule has 0 aliphatic carbocycles. The van der Waals surface area contributed by atoms with E-state index in [0.29, 0.717) is 16.4 Å². The third-order valence-corrected chi connectivity index (χ3v) is 4.38. The molecule has 0 fully saturated rings. The van der Waals surface area contributed by atoms with Crippen LogP contribution in [-0.4, -0.2) is 15.3 Å². The molecule has 3 aromatic rings. The molecule has 2 aromatic heterocycles. The van der Waals surface area contributed by atoms with Gasteiger partial charge < -0.3 is 5.32 Å². The highest BCUT2D eigenvalue weighted by Crippen LogP contribution is 2.28. The lowest BCUT2D eigenvalue weighted by molar-refractivity contribution is 0.102. The number of imidazole rings is 1. The SMILES string of the molecule is Cc1cc(C)c(NC(=O)c2cn3cc(C)sc3n2)c(Cl)c1. The molecule has 1 amide bonds. The van der Waals surface area contributed by atoms with E-state index in [9.17, 15) is 4.79 Å². The number of amides is 1. The summed E-state index contributed by atoms with van der Waals surface area (Å²) in [5.74, 6) is -0.252. The Morgan fingerprint density at radius 3 is 2.71 bits per heavy atom. The number of benzene rings is 1. The van der Waals surface area contributed by atoms with Crippen molar-refractivity contribution in [3.8, 4) is 0 Å². The molecule has 0 unspecified atom stereocenters. The molecule has 21 heavy (non-hydrogen) atoms. The number of aryl methyl sites for hydroxylation is 3. The molecule has 0 saturated carbocycles. The Bertz CT molecular complexity index is 795. The second-order valence-corrected chi connectivity index (χ2v) is 6.67. The number of halogens is 1. The molecular formula is C15H14ClN3OS. The van der Waals surface area contributed by atoms with Gasteiger partial charge in [0.1, 0.15) is 5.69 Å². The van der Waals surface area contributed by atoms with E-state index in [0.717, 1.165) is 21.0 Å². The largest absolute Gasteiger partial charge is 0.319 e. The highest BCUT2D eigenvalue weighted by molar-refractivity contribution is 7.17. The highest BCUT2D eigenvalue weighted by Gasteiger charge is 2.15. The molecule has 0 aliphatic rings. The number of thiazole rings is 1. The van der Waals surface area contributed by atoms with Gasteiger partial charge in [0.15, 0.2) is 4.96 Å². The first kappa shape index (κ1) is 14.1. The van der Waals surface area contributed by atoms with Crippen LogP contribution in [0.2, 0.25) is 5.02 Å². The monoisotopic (exact) mass is 319 g/mol. The minimum Gasteiger partial charge on any atom is -0.319 e. The predicted octanol–water partition coefficient (Wildman–Crippen LogP) is 4.23. The molecule has 0 saturated heterocycles. The van der Waals surface area contributed by atoms with Crippen LogP contribution in [0.15, 0.2) is 24.5 Å². The van der Waals surface area contributed by atoms with E-state index in [1.165, 1.54) is 0 Å². The normalized spacial score (nSPS) is 11.0. The van der Waals surface area contributed by atoms with E-state index in [-0.39, 0.29) is 5.91 Å². The van der Waals surface area contributed by atoms with Crippen LogP contribution >= 0.6 is 22.9 Å². The number of aromatic nitrogens is 2. The van der Waals surface area contributed by atoms with E-state index in [1.807, 2.05) is 43.5 Å². The summed E-state index contributed by atoms with van der Waals surface area (Å²) in [5, 5.41) is 3.38. The molecule has 1 N–H and O–H groups in total. The van der Waals surface area contributed by atoms with Crippen molar-refractivity contribution >= 4 is 39.5 Å². The van der Waals surface area contributed by atoms with E-state index >= 15 is 0 Å². The van der Waals surface area contributed by atoms with Gasteiger partial charge in [0.25, 0.3) is 5.91 Å². The number of carbonyl (C=O) groups excluding carboxylic acids is 1. The number of hydrogen-bond acceptors (Lipinski definition) is 3. The van der Waals surface area contributed by atoms with Crippen molar-refractivity contribution in [2.24, 2.45) is 0 Å². The van der Waals surface area contributed by atoms with Crippen LogP contribution in [0.4, 0.5) is 5.69 Å². The number of nitrogens with zero attached hydrogens (tertiary/aromatic N) is 2. The first-order valence-electron chi connectivity index (χ1n) is 6.47. The smallest absolute Gasteiger partial charge is 0.275 e. The standard InChI is InChI=1S/C15H14ClN3OS/c1-8-4-9(2)13(11(16)5-8)18-14(20)12-7-19-6-10(3)21-15(19)17-12/h4-7H,1-3H3,(H,18,20). The van der Waals surface area contributed by atoms with Gasteiger partial charge in [-0.3, -0.25) is 9.20 Å². The zero-order valence-electron chi connectivity index (χ0n) is 11.9. The van der Waals surface area contributed by atoms with Crippen molar-refractivity contribution in [3.05, 3.63) is 51.2 Å². The maximum atomic E-state index is 12.3. The molecule has 1 aromatic carbocycles. The van der Waals surface area contributed by atoms with Crippen LogP contribution in [0.3, 0.4) is 0 Å². The summed E-state index contributed by atoms with van der Waals surface area (Å²) in [6.45, 7) is 5.90. The van der Waals surface area contributed by atoms with Gasteiger partial charge in [0.05, 0.1) is 10.7 Å². The van der Waals surface area contributed by atoms with Crippen molar-refractivity contribution in [2.45, 2.75) is 20.8 Å². The van der Waals surface area contributed by atoms with Crippen molar-refractivity contribution in [3.63, 3.8) is 0 Å². The Balaban J connectivity index is 1.90. The number of nitrogens with one attached hydrogen (secondary N) is 1. The van der Waals surface area contributed by atoms with Gasteiger partial charge in [-0.05, 0) is 38.0 Å².